The van der Waals surface area contributed by atoms with Crippen LogP contribution in [0.25, 0.3) is 0 Å². The van der Waals surface area contributed by atoms with Gasteiger partial charge in [0, 0.05) is 22.0 Å². The molecule has 1 aromatic heterocycles. The maximum atomic E-state index is 6.23. The topological polar surface area (TPSA) is 64.1 Å². The minimum Gasteiger partial charge on any atom is -0.493 e. The molecule has 0 radical (unpaired) electrons. The molecule has 0 fully saturated rings. The summed E-state index contributed by atoms with van der Waals surface area (Å²) >= 11 is 21.3. The lowest BCUT2D eigenvalue weighted by atomic mass is 10.2. The van der Waals surface area contributed by atoms with E-state index in [0.29, 0.717) is 32.9 Å². The molecule has 10 heteroatoms. The second-order valence-electron chi connectivity index (χ2n) is 6.07. The molecule has 0 saturated carbocycles. The summed E-state index contributed by atoms with van der Waals surface area (Å²) in [6, 6.07) is 9.20. The third kappa shape index (κ3) is 5.06. The van der Waals surface area contributed by atoms with Crippen molar-refractivity contribution in [2.75, 3.05) is 12.5 Å². The molecule has 2 aromatic carbocycles. The number of aromatic amines is 1. The maximum Gasteiger partial charge on any atom is 0.214 e. The zero-order valence-electron chi connectivity index (χ0n) is 15.8. The summed E-state index contributed by atoms with van der Waals surface area (Å²) in [5, 5.41) is 8.08. The quantitative estimate of drug-likeness (QED) is 0.364. The lowest BCUT2D eigenvalue weighted by molar-refractivity contribution is 0.282. The van der Waals surface area contributed by atoms with Crippen LogP contribution in [0.5, 0.6) is 11.5 Å². The Morgan fingerprint density at radius 2 is 2.00 bits per heavy atom. The Kier molecular flexibility index (Phi) is 7.45. The van der Waals surface area contributed by atoms with Gasteiger partial charge < -0.3 is 14.9 Å². The average Bonchev–Trinajstić information content (AvgIpc) is 3.06. The van der Waals surface area contributed by atoms with Gasteiger partial charge in [-0.3, -0.25) is 5.10 Å². The maximum absolute atomic E-state index is 6.23. The van der Waals surface area contributed by atoms with Gasteiger partial charge in [0.05, 0.1) is 18.1 Å². The standard InChI is InChI=1S/C19H19BrCl2N4O2S/c1-3-17-24-25-19(29)26(17)23-9-11-7-13(20)18(16(8-11)27-2)28-10-12-14(21)5-4-6-15(12)22/h4-8,23H,3,9-10H2,1-2H3,(H,25,29). The van der Waals surface area contributed by atoms with Gasteiger partial charge in [-0.25, -0.2) is 4.68 Å². The Morgan fingerprint density at radius 1 is 1.28 bits per heavy atom. The SMILES string of the molecule is CCc1n[nH]c(=S)n1NCc1cc(Br)c(OCc2c(Cl)cccc2Cl)c(OC)c1. The van der Waals surface area contributed by atoms with Crippen molar-refractivity contribution >= 4 is 51.3 Å². The van der Waals surface area contributed by atoms with Crippen molar-refractivity contribution in [1.29, 1.82) is 0 Å². The minimum absolute atomic E-state index is 0.217. The van der Waals surface area contributed by atoms with E-state index in [9.17, 15) is 0 Å². The van der Waals surface area contributed by atoms with Gasteiger partial charge in [-0.1, -0.05) is 36.2 Å². The van der Waals surface area contributed by atoms with Crippen LogP contribution in [0, 0.1) is 4.77 Å². The summed E-state index contributed by atoms with van der Waals surface area (Å²) < 4.78 is 14.5. The first kappa shape index (κ1) is 22.0. The van der Waals surface area contributed by atoms with Crippen LogP contribution < -0.4 is 14.9 Å². The van der Waals surface area contributed by atoms with Gasteiger partial charge in [0.2, 0.25) is 4.77 Å². The third-order valence-corrected chi connectivity index (χ3v) is 5.78. The molecule has 0 atom stereocenters. The summed E-state index contributed by atoms with van der Waals surface area (Å²) in [6.45, 7) is 2.75. The Bertz CT molecular complexity index is 1050. The summed E-state index contributed by atoms with van der Waals surface area (Å²) in [7, 11) is 1.59. The second kappa shape index (κ2) is 9.84. The third-order valence-electron chi connectivity index (χ3n) is 4.21. The molecule has 0 bridgehead atoms. The number of nitrogens with zero attached hydrogens (tertiary/aromatic N) is 2. The van der Waals surface area contributed by atoms with E-state index in [1.54, 1.807) is 30.0 Å². The van der Waals surface area contributed by atoms with Crippen LogP contribution in [0.2, 0.25) is 10.0 Å². The second-order valence-corrected chi connectivity index (χ2v) is 8.12. The number of halogens is 3. The fourth-order valence-electron chi connectivity index (χ4n) is 2.73. The molecule has 1 heterocycles. The highest BCUT2D eigenvalue weighted by molar-refractivity contribution is 9.10. The predicted molar refractivity (Wildman–Crippen MR) is 121 cm³/mol. The molecule has 0 saturated heterocycles. The number of hydrogen-bond acceptors (Lipinski definition) is 5. The first-order valence-corrected chi connectivity index (χ1v) is 10.7. The smallest absolute Gasteiger partial charge is 0.214 e. The summed E-state index contributed by atoms with van der Waals surface area (Å²) in [4.78, 5) is 0. The molecular weight excluding hydrogens is 499 g/mol. The highest BCUT2D eigenvalue weighted by Crippen LogP contribution is 2.38. The number of nitrogens with one attached hydrogen (secondary N) is 2. The molecule has 0 aliphatic rings. The number of methoxy groups -OCH3 is 1. The Morgan fingerprint density at radius 3 is 2.66 bits per heavy atom. The van der Waals surface area contributed by atoms with Crippen molar-refractivity contribution in [3.63, 3.8) is 0 Å². The monoisotopic (exact) mass is 516 g/mol. The van der Waals surface area contributed by atoms with Gasteiger partial charge in [-0.2, -0.15) is 5.10 Å². The van der Waals surface area contributed by atoms with Crippen molar-refractivity contribution in [3.8, 4) is 11.5 Å². The Labute approximate surface area is 192 Å². The number of benzene rings is 2. The van der Waals surface area contributed by atoms with E-state index < -0.39 is 0 Å². The summed E-state index contributed by atoms with van der Waals surface area (Å²) in [5.74, 6) is 1.99. The van der Waals surface area contributed by atoms with Crippen molar-refractivity contribution in [2.45, 2.75) is 26.5 Å². The van der Waals surface area contributed by atoms with E-state index in [1.165, 1.54) is 0 Å². The van der Waals surface area contributed by atoms with Crippen LogP contribution in [-0.2, 0) is 19.6 Å². The largest absolute Gasteiger partial charge is 0.493 e. The van der Waals surface area contributed by atoms with E-state index in [4.69, 9.17) is 44.9 Å². The van der Waals surface area contributed by atoms with Gasteiger partial charge in [-0.05, 0) is 58.0 Å². The zero-order valence-corrected chi connectivity index (χ0v) is 19.7. The zero-order chi connectivity index (χ0) is 21.0. The van der Waals surface area contributed by atoms with Crippen molar-refractivity contribution < 1.29 is 9.47 Å². The fraction of sp³-hybridized carbons (Fsp3) is 0.263. The molecule has 3 rings (SSSR count). The van der Waals surface area contributed by atoms with Gasteiger partial charge >= 0.3 is 0 Å². The molecule has 0 spiro atoms. The molecule has 29 heavy (non-hydrogen) atoms. The first-order valence-electron chi connectivity index (χ1n) is 8.76. The van der Waals surface area contributed by atoms with E-state index in [2.05, 4.69) is 31.6 Å². The predicted octanol–water partition coefficient (Wildman–Crippen LogP) is 5.90. The first-order chi connectivity index (χ1) is 13.9. The highest BCUT2D eigenvalue weighted by atomic mass is 79.9. The van der Waals surface area contributed by atoms with Crippen LogP contribution >= 0.6 is 51.3 Å². The van der Waals surface area contributed by atoms with Gasteiger partial charge in [0.25, 0.3) is 0 Å². The molecule has 0 amide bonds. The van der Waals surface area contributed by atoms with Crippen LogP contribution in [0.1, 0.15) is 23.9 Å². The van der Waals surface area contributed by atoms with Crippen molar-refractivity contribution in [1.82, 2.24) is 14.9 Å². The molecule has 3 aromatic rings. The van der Waals surface area contributed by atoms with Gasteiger partial charge in [-0.15, -0.1) is 0 Å². The number of ether oxygens (including phenoxy) is 2. The van der Waals surface area contributed by atoms with E-state index >= 15 is 0 Å². The summed E-state index contributed by atoms with van der Waals surface area (Å²) in [5.41, 5.74) is 4.96. The normalized spacial score (nSPS) is 10.8. The number of aryl methyl sites for hydroxylation is 1. The molecule has 0 unspecified atom stereocenters. The van der Waals surface area contributed by atoms with E-state index in [1.807, 2.05) is 19.1 Å². The highest BCUT2D eigenvalue weighted by Gasteiger charge is 2.14. The van der Waals surface area contributed by atoms with Crippen LogP contribution in [0.4, 0.5) is 0 Å². The lowest BCUT2D eigenvalue weighted by Gasteiger charge is -2.16. The molecule has 0 aliphatic carbocycles. The van der Waals surface area contributed by atoms with Gasteiger partial charge in [0.1, 0.15) is 6.61 Å². The number of rotatable bonds is 8. The number of aromatic nitrogens is 3. The van der Waals surface area contributed by atoms with E-state index in [0.717, 1.165) is 27.8 Å². The lowest BCUT2D eigenvalue weighted by Crippen LogP contribution is -2.17. The van der Waals surface area contributed by atoms with Crippen molar-refractivity contribution in [3.05, 3.63) is 66.6 Å². The average molecular weight is 518 g/mol. The van der Waals surface area contributed by atoms with Crippen LogP contribution in [0.3, 0.4) is 0 Å². The van der Waals surface area contributed by atoms with Gasteiger partial charge in [0.15, 0.2) is 17.3 Å². The van der Waals surface area contributed by atoms with Crippen molar-refractivity contribution in [2.24, 2.45) is 0 Å². The van der Waals surface area contributed by atoms with Crippen LogP contribution in [-0.4, -0.2) is 22.0 Å². The number of hydrogen-bond donors (Lipinski definition) is 2. The Hall–Kier alpha value is -1.74. The molecule has 6 nitrogen and oxygen atoms in total. The van der Waals surface area contributed by atoms with E-state index in [-0.39, 0.29) is 6.61 Å². The minimum atomic E-state index is 0.217. The Balaban J connectivity index is 1.78. The molecule has 154 valence electrons. The molecule has 2 N–H and O–H groups in total. The summed E-state index contributed by atoms with van der Waals surface area (Å²) in [6.07, 6.45) is 0.755. The number of H-pyrrole nitrogens is 1. The molecular formula is C19H19BrCl2N4O2S. The molecule has 0 aliphatic heterocycles. The fourth-order valence-corrected chi connectivity index (χ4v) is 4.06. The van der Waals surface area contributed by atoms with Crippen LogP contribution in [0.15, 0.2) is 34.8 Å².